The minimum atomic E-state index is -0.0826. The zero-order valence-electron chi connectivity index (χ0n) is 8.15. The lowest BCUT2D eigenvalue weighted by Crippen LogP contribution is -2.41. The van der Waals surface area contributed by atoms with Gasteiger partial charge in [-0.1, -0.05) is 11.6 Å². The van der Waals surface area contributed by atoms with Crippen LogP contribution in [0.4, 0.5) is 0 Å². The molecule has 1 aliphatic rings. The van der Waals surface area contributed by atoms with E-state index in [2.05, 4.69) is 4.98 Å². The van der Waals surface area contributed by atoms with Crippen molar-refractivity contribution in [1.82, 2.24) is 9.88 Å². The fourth-order valence-corrected chi connectivity index (χ4v) is 1.61. The van der Waals surface area contributed by atoms with Crippen molar-refractivity contribution in [3.63, 3.8) is 0 Å². The summed E-state index contributed by atoms with van der Waals surface area (Å²) in [7, 11) is 0. The van der Waals surface area contributed by atoms with Gasteiger partial charge in [-0.25, -0.2) is 0 Å². The highest BCUT2D eigenvalue weighted by atomic mass is 35.5. The number of hydrogen-bond donors (Lipinski definition) is 0. The summed E-state index contributed by atoms with van der Waals surface area (Å²) in [5.41, 5.74) is 0.393. The molecule has 4 nitrogen and oxygen atoms in total. The molecule has 15 heavy (non-hydrogen) atoms. The molecule has 0 unspecified atom stereocenters. The molecule has 2 rings (SSSR count). The Morgan fingerprint density at radius 2 is 2.20 bits per heavy atom. The number of ether oxygens (including phenoxy) is 1. The Labute approximate surface area is 92.8 Å². The second-order valence-corrected chi connectivity index (χ2v) is 3.70. The Balaban J connectivity index is 2.12. The lowest BCUT2D eigenvalue weighted by Gasteiger charge is -2.26. The fourth-order valence-electron chi connectivity index (χ4n) is 1.45. The van der Waals surface area contributed by atoms with Gasteiger partial charge in [-0.2, -0.15) is 0 Å². The average Bonchev–Trinajstić information content (AvgIpc) is 2.29. The molecule has 0 aromatic carbocycles. The largest absolute Gasteiger partial charge is 0.378 e. The monoisotopic (exact) mass is 226 g/mol. The van der Waals surface area contributed by atoms with E-state index in [1.54, 1.807) is 17.0 Å². The van der Waals surface area contributed by atoms with Gasteiger partial charge in [0, 0.05) is 24.3 Å². The highest BCUT2D eigenvalue weighted by Gasteiger charge is 2.19. The zero-order valence-corrected chi connectivity index (χ0v) is 8.91. The first-order valence-corrected chi connectivity index (χ1v) is 5.14. The minimum Gasteiger partial charge on any atom is -0.378 e. The topological polar surface area (TPSA) is 42.4 Å². The van der Waals surface area contributed by atoms with Crippen LogP contribution in [-0.2, 0) is 4.74 Å². The predicted molar refractivity (Wildman–Crippen MR) is 56.0 cm³/mol. The molecule has 0 radical (unpaired) electrons. The number of carbonyl (C=O) groups is 1. The SMILES string of the molecule is O=C(c1cc(Cl)ccn1)N1CCOCC1. The van der Waals surface area contributed by atoms with Crippen molar-refractivity contribution >= 4 is 17.5 Å². The summed E-state index contributed by atoms with van der Waals surface area (Å²) >= 11 is 5.79. The Hall–Kier alpha value is -1.13. The van der Waals surface area contributed by atoms with Gasteiger partial charge in [0.05, 0.1) is 13.2 Å². The molecule has 1 amide bonds. The van der Waals surface area contributed by atoms with E-state index in [9.17, 15) is 4.79 Å². The van der Waals surface area contributed by atoms with Gasteiger partial charge in [0.25, 0.3) is 5.91 Å². The second kappa shape index (κ2) is 4.59. The first-order chi connectivity index (χ1) is 7.27. The number of carbonyl (C=O) groups excluding carboxylic acids is 1. The van der Waals surface area contributed by atoms with Gasteiger partial charge >= 0.3 is 0 Å². The molecule has 1 aromatic heterocycles. The normalized spacial score (nSPS) is 16.5. The van der Waals surface area contributed by atoms with Crippen LogP contribution in [0.3, 0.4) is 0 Å². The van der Waals surface area contributed by atoms with Crippen LogP contribution in [0.2, 0.25) is 5.02 Å². The molecule has 0 aliphatic carbocycles. The van der Waals surface area contributed by atoms with Crippen LogP contribution in [-0.4, -0.2) is 42.1 Å². The number of aromatic nitrogens is 1. The van der Waals surface area contributed by atoms with Gasteiger partial charge < -0.3 is 9.64 Å². The molecule has 1 saturated heterocycles. The van der Waals surface area contributed by atoms with E-state index in [1.807, 2.05) is 0 Å². The number of amides is 1. The van der Waals surface area contributed by atoms with Crippen molar-refractivity contribution in [2.45, 2.75) is 0 Å². The van der Waals surface area contributed by atoms with Gasteiger partial charge in [-0.05, 0) is 12.1 Å². The van der Waals surface area contributed by atoms with Gasteiger partial charge in [0.1, 0.15) is 5.69 Å². The molecular formula is C10H11ClN2O2. The summed E-state index contributed by atoms with van der Waals surface area (Å²) in [6.45, 7) is 2.42. The molecule has 0 N–H and O–H groups in total. The maximum absolute atomic E-state index is 11.9. The van der Waals surface area contributed by atoms with Crippen LogP contribution >= 0.6 is 11.6 Å². The third kappa shape index (κ3) is 2.46. The van der Waals surface area contributed by atoms with Gasteiger partial charge in [-0.3, -0.25) is 9.78 Å². The quantitative estimate of drug-likeness (QED) is 0.723. The summed E-state index contributed by atoms with van der Waals surface area (Å²) in [6, 6.07) is 3.23. The van der Waals surface area contributed by atoms with Crippen molar-refractivity contribution in [2.24, 2.45) is 0 Å². The third-order valence-corrected chi connectivity index (χ3v) is 2.47. The summed E-state index contributed by atoms with van der Waals surface area (Å²) in [4.78, 5) is 17.6. The lowest BCUT2D eigenvalue weighted by atomic mass is 10.3. The van der Waals surface area contributed by atoms with E-state index in [0.29, 0.717) is 37.0 Å². The molecule has 1 aromatic rings. The first-order valence-electron chi connectivity index (χ1n) is 4.76. The number of halogens is 1. The molecule has 0 spiro atoms. The summed E-state index contributed by atoms with van der Waals surface area (Å²) in [6.07, 6.45) is 1.54. The van der Waals surface area contributed by atoms with E-state index in [-0.39, 0.29) is 5.91 Å². The highest BCUT2D eigenvalue weighted by molar-refractivity contribution is 6.30. The molecular weight excluding hydrogens is 216 g/mol. The van der Waals surface area contributed by atoms with E-state index in [0.717, 1.165) is 0 Å². The standard InChI is InChI=1S/C10H11ClN2O2/c11-8-1-2-12-9(7-8)10(14)13-3-5-15-6-4-13/h1-2,7H,3-6H2. The summed E-state index contributed by atoms with van der Waals surface area (Å²) < 4.78 is 5.17. The number of morpholine rings is 1. The molecule has 1 fully saturated rings. The molecule has 80 valence electrons. The van der Waals surface area contributed by atoms with Crippen molar-refractivity contribution in [1.29, 1.82) is 0 Å². The molecule has 0 atom stereocenters. The van der Waals surface area contributed by atoms with Crippen LogP contribution in [0.25, 0.3) is 0 Å². The number of hydrogen-bond acceptors (Lipinski definition) is 3. The lowest BCUT2D eigenvalue weighted by molar-refractivity contribution is 0.0299. The van der Waals surface area contributed by atoms with Crippen molar-refractivity contribution in [2.75, 3.05) is 26.3 Å². The van der Waals surface area contributed by atoms with Crippen molar-refractivity contribution in [3.05, 3.63) is 29.0 Å². The Bertz CT molecular complexity index is 364. The predicted octanol–water partition coefficient (Wildman–Crippen LogP) is 1.21. The van der Waals surface area contributed by atoms with E-state index >= 15 is 0 Å². The van der Waals surface area contributed by atoms with Crippen LogP contribution in [0.15, 0.2) is 18.3 Å². The second-order valence-electron chi connectivity index (χ2n) is 3.26. The first kappa shape index (κ1) is 10.4. The zero-order chi connectivity index (χ0) is 10.7. The highest BCUT2D eigenvalue weighted by Crippen LogP contribution is 2.10. The van der Waals surface area contributed by atoms with Crippen molar-refractivity contribution in [3.8, 4) is 0 Å². The third-order valence-electron chi connectivity index (χ3n) is 2.24. The summed E-state index contributed by atoms with van der Waals surface area (Å²) in [5, 5.41) is 0.529. The number of rotatable bonds is 1. The van der Waals surface area contributed by atoms with Gasteiger partial charge in [0.2, 0.25) is 0 Å². The molecule has 5 heteroatoms. The fraction of sp³-hybridized carbons (Fsp3) is 0.400. The average molecular weight is 227 g/mol. The van der Waals surface area contributed by atoms with E-state index in [1.165, 1.54) is 6.20 Å². The maximum Gasteiger partial charge on any atom is 0.272 e. The molecule has 0 saturated carbocycles. The number of pyridine rings is 1. The van der Waals surface area contributed by atoms with Gasteiger partial charge in [0.15, 0.2) is 0 Å². The smallest absolute Gasteiger partial charge is 0.272 e. The maximum atomic E-state index is 11.9. The van der Waals surface area contributed by atoms with Gasteiger partial charge in [-0.15, -0.1) is 0 Å². The van der Waals surface area contributed by atoms with Crippen LogP contribution < -0.4 is 0 Å². The molecule has 2 heterocycles. The Kier molecular flexibility index (Phi) is 3.18. The van der Waals surface area contributed by atoms with Crippen LogP contribution in [0, 0.1) is 0 Å². The van der Waals surface area contributed by atoms with Crippen LogP contribution in [0.1, 0.15) is 10.5 Å². The van der Waals surface area contributed by atoms with Crippen molar-refractivity contribution < 1.29 is 9.53 Å². The molecule has 0 bridgehead atoms. The Morgan fingerprint density at radius 3 is 2.87 bits per heavy atom. The molecule has 1 aliphatic heterocycles. The Morgan fingerprint density at radius 1 is 1.47 bits per heavy atom. The van der Waals surface area contributed by atoms with E-state index in [4.69, 9.17) is 16.3 Å². The summed E-state index contributed by atoms with van der Waals surface area (Å²) in [5.74, 6) is -0.0826. The van der Waals surface area contributed by atoms with Crippen LogP contribution in [0.5, 0.6) is 0 Å². The van der Waals surface area contributed by atoms with E-state index < -0.39 is 0 Å². The number of nitrogens with zero attached hydrogens (tertiary/aromatic N) is 2. The minimum absolute atomic E-state index is 0.0826.